The SMILES string of the molecule is CCc1cccc(OCC(=O)N(C)CC(=O)N2c3ccccc3NC(=O)C[C@H]2C)c1. The van der Waals surface area contributed by atoms with E-state index in [0.717, 1.165) is 12.0 Å². The summed E-state index contributed by atoms with van der Waals surface area (Å²) in [4.78, 5) is 40.6. The number of ether oxygens (including phenoxy) is 1. The van der Waals surface area contributed by atoms with Gasteiger partial charge in [0, 0.05) is 19.5 Å². The molecule has 0 radical (unpaired) electrons. The maximum absolute atomic E-state index is 13.1. The van der Waals surface area contributed by atoms with Crippen LogP contribution in [0, 0.1) is 0 Å². The molecule has 0 aromatic heterocycles. The van der Waals surface area contributed by atoms with Crippen molar-refractivity contribution in [3.8, 4) is 5.75 Å². The Bertz CT molecular complexity index is 944. The summed E-state index contributed by atoms with van der Waals surface area (Å²) in [7, 11) is 1.57. The van der Waals surface area contributed by atoms with Gasteiger partial charge in [0.1, 0.15) is 5.75 Å². The average Bonchev–Trinajstić information content (AvgIpc) is 2.86. The van der Waals surface area contributed by atoms with Crippen molar-refractivity contribution in [2.75, 3.05) is 30.4 Å². The molecule has 30 heavy (non-hydrogen) atoms. The van der Waals surface area contributed by atoms with E-state index in [1.807, 2.05) is 31.2 Å². The van der Waals surface area contributed by atoms with Crippen molar-refractivity contribution in [2.45, 2.75) is 32.7 Å². The van der Waals surface area contributed by atoms with Gasteiger partial charge in [-0.25, -0.2) is 0 Å². The fraction of sp³-hybridized carbons (Fsp3) is 0.348. The average molecular weight is 409 g/mol. The highest BCUT2D eigenvalue weighted by atomic mass is 16.5. The molecule has 1 aliphatic rings. The summed E-state index contributed by atoms with van der Waals surface area (Å²) in [5.74, 6) is -0.0648. The molecule has 2 aromatic carbocycles. The molecule has 1 N–H and O–H groups in total. The second-order valence-corrected chi connectivity index (χ2v) is 7.42. The molecule has 0 aliphatic carbocycles. The zero-order valence-corrected chi connectivity index (χ0v) is 17.6. The number of carbonyl (C=O) groups is 3. The van der Waals surface area contributed by atoms with Crippen LogP contribution in [0.5, 0.6) is 5.75 Å². The number of nitrogens with one attached hydrogen (secondary N) is 1. The molecule has 3 amide bonds. The molecule has 0 spiro atoms. The Morgan fingerprint density at radius 2 is 1.97 bits per heavy atom. The summed E-state index contributed by atoms with van der Waals surface area (Å²) in [5, 5.41) is 2.83. The second kappa shape index (κ2) is 9.43. The van der Waals surface area contributed by atoms with Gasteiger partial charge >= 0.3 is 0 Å². The zero-order valence-electron chi connectivity index (χ0n) is 17.6. The maximum atomic E-state index is 13.1. The lowest BCUT2D eigenvalue weighted by Gasteiger charge is -2.29. The van der Waals surface area contributed by atoms with E-state index in [9.17, 15) is 14.4 Å². The van der Waals surface area contributed by atoms with E-state index in [2.05, 4.69) is 12.2 Å². The van der Waals surface area contributed by atoms with Crippen molar-refractivity contribution >= 4 is 29.1 Å². The number of carbonyl (C=O) groups excluding carboxylic acids is 3. The molecule has 2 aromatic rings. The third kappa shape index (κ3) is 4.97. The lowest BCUT2D eigenvalue weighted by atomic mass is 10.1. The van der Waals surface area contributed by atoms with Crippen molar-refractivity contribution in [3.05, 3.63) is 54.1 Å². The molecule has 1 heterocycles. The highest BCUT2D eigenvalue weighted by molar-refractivity contribution is 6.05. The van der Waals surface area contributed by atoms with Gasteiger partial charge in [0.2, 0.25) is 11.8 Å². The molecular formula is C23H27N3O4. The topological polar surface area (TPSA) is 79.0 Å². The quantitative estimate of drug-likeness (QED) is 0.796. The fourth-order valence-electron chi connectivity index (χ4n) is 3.45. The molecule has 0 saturated carbocycles. The van der Waals surface area contributed by atoms with Crippen LogP contribution in [0.1, 0.15) is 25.8 Å². The van der Waals surface area contributed by atoms with E-state index in [4.69, 9.17) is 4.74 Å². The minimum absolute atomic E-state index is 0.107. The molecule has 0 fully saturated rings. The number of nitrogens with zero attached hydrogens (tertiary/aromatic N) is 2. The lowest BCUT2D eigenvalue weighted by Crippen LogP contribution is -2.46. The first-order valence-electron chi connectivity index (χ1n) is 10.1. The Balaban J connectivity index is 1.65. The van der Waals surface area contributed by atoms with Crippen LogP contribution in [0.4, 0.5) is 11.4 Å². The zero-order chi connectivity index (χ0) is 21.7. The Morgan fingerprint density at radius 1 is 1.20 bits per heavy atom. The smallest absolute Gasteiger partial charge is 0.260 e. The molecule has 0 bridgehead atoms. The highest BCUT2D eigenvalue weighted by Crippen LogP contribution is 2.31. The number of benzene rings is 2. The Kier molecular flexibility index (Phi) is 6.72. The summed E-state index contributed by atoms with van der Waals surface area (Å²) >= 11 is 0. The largest absolute Gasteiger partial charge is 0.484 e. The number of rotatable bonds is 6. The van der Waals surface area contributed by atoms with Crippen LogP contribution in [-0.2, 0) is 20.8 Å². The van der Waals surface area contributed by atoms with Crippen molar-refractivity contribution < 1.29 is 19.1 Å². The number of hydrogen-bond acceptors (Lipinski definition) is 4. The number of aryl methyl sites for hydroxylation is 1. The molecule has 0 unspecified atom stereocenters. The first-order chi connectivity index (χ1) is 14.4. The van der Waals surface area contributed by atoms with Crippen LogP contribution in [0.3, 0.4) is 0 Å². The standard InChI is InChI=1S/C23H27N3O4/c1-4-17-8-7-9-18(13-17)30-15-23(29)25(3)14-22(28)26-16(2)12-21(27)24-19-10-5-6-11-20(19)26/h5-11,13,16H,4,12,14-15H2,1-3H3,(H,24,27)/t16-/m1/s1. The number of anilines is 2. The van der Waals surface area contributed by atoms with Crippen molar-refractivity contribution in [3.63, 3.8) is 0 Å². The van der Waals surface area contributed by atoms with Crippen LogP contribution in [0.15, 0.2) is 48.5 Å². The third-order valence-electron chi connectivity index (χ3n) is 5.10. The summed E-state index contributed by atoms with van der Waals surface area (Å²) < 4.78 is 5.60. The van der Waals surface area contributed by atoms with Crippen LogP contribution < -0.4 is 15.0 Å². The van der Waals surface area contributed by atoms with Gasteiger partial charge in [-0.1, -0.05) is 31.2 Å². The molecule has 3 rings (SSSR count). The summed E-state index contributed by atoms with van der Waals surface area (Å²) in [5.41, 5.74) is 2.35. The Morgan fingerprint density at radius 3 is 2.73 bits per heavy atom. The number of hydrogen-bond donors (Lipinski definition) is 1. The van der Waals surface area contributed by atoms with E-state index in [0.29, 0.717) is 17.1 Å². The van der Waals surface area contributed by atoms with Gasteiger partial charge in [-0.15, -0.1) is 0 Å². The second-order valence-electron chi connectivity index (χ2n) is 7.42. The lowest BCUT2D eigenvalue weighted by molar-refractivity contribution is -0.135. The van der Waals surface area contributed by atoms with E-state index in [-0.39, 0.29) is 43.3 Å². The Hall–Kier alpha value is -3.35. The fourth-order valence-corrected chi connectivity index (χ4v) is 3.45. The van der Waals surface area contributed by atoms with Gasteiger partial charge in [0.25, 0.3) is 5.91 Å². The third-order valence-corrected chi connectivity index (χ3v) is 5.10. The number of amides is 3. The number of para-hydroxylation sites is 2. The van der Waals surface area contributed by atoms with Crippen molar-refractivity contribution in [1.29, 1.82) is 0 Å². The number of likely N-dealkylation sites (N-methyl/N-ethyl adjacent to an activating group) is 1. The van der Waals surface area contributed by atoms with Gasteiger partial charge in [0.15, 0.2) is 6.61 Å². The predicted molar refractivity (Wildman–Crippen MR) is 116 cm³/mol. The summed E-state index contributed by atoms with van der Waals surface area (Å²) in [6.07, 6.45) is 1.07. The minimum atomic E-state index is -0.322. The molecule has 7 heteroatoms. The van der Waals surface area contributed by atoms with Gasteiger partial charge in [-0.05, 0) is 43.2 Å². The van der Waals surface area contributed by atoms with E-state index < -0.39 is 0 Å². The summed E-state index contributed by atoms with van der Waals surface area (Å²) in [6, 6.07) is 14.4. The number of fused-ring (bicyclic) bond motifs is 1. The van der Waals surface area contributed by atoms with Gasteiger partial charge in [-0.2, -0.15) is 0 Å². The van der Waals surface area contributed by atoms with Gasteiger partial charge in [-0.3, -0.25) is 14.4 Å². The predicted octanol–water partition coefficient (Wildman–Crippen LogP) is 2.85. The normalized spacial score (nSPS) is 15.6. The summed E-state index contributed by atoms with van der Waals surface area (Å²) in [6.45, 7) is 3.62. The molecule has 1 aliphatic heterocycles. The molecule has 0 saturated heterocycles. The van der Waals surface area contributed by atoms with Crippen LogP contribution >= 0.6 is 0 Å². The monoisotopic (exact) mass is 409 g/mol. The van der Waals surface area contributed by atoms with E-state index >= 15 is 0 Å². The Labute approximate surface area is 176 Å². The van der Waals surface area contributed by atoms with Crippen molar-refractivity contribution in [1.82, 2.24) is 4.90 Å². The van der Waals surface area contributed by atoms with Crippen LogP contribution in [0.2, 0.25) is 0 Å². The van der Waals surface area contributed by atoms with Crippen LogP contribution in [0.25, 0.3) is 0 Å². The van der Waals surface area contributed by atoms with Crippen LogP contribution in [-0.4, -0.2) is 48.9 Å². The van der Waals surface area contributed by atoms with Gasteiger partial charge in [0.05, 0.1) is 17.9 Å². The van der Waals surface area contributed by atoms with Gasteiger partial charge < -0.3 is 19.9 Å². The first-order valence-corrected chi connectivity index (χ1v) is 10.1. The molecule has 158 valence electrons. The molecule has 7 nitrogen and oxygen atoms in total. The minimum Gasteiger partial charge on any atom is -0.484 e. The molecular weight excluding hydrogens is 382 g/mol. The van der Waals surface area contributed by atoms with E-state index in [1.165, 1.54) is 4.90 Å². The highest BCUT2D eigenvalue weighted by Gasteiger charge is 2.30. The first kappa shape index (κ1) is 21.4. The van der Waals surface area contributed by atoms with Crippen molar-refractivity contribution in [2.24, 2.45) is 0 Å². The van der Waals surface area contributed by atoms with E-state index in [1.54, 1.807) is 36.2 Å². The maximum Gasteiger partial charge on any atom is 0.260 e. The molecule has 1 atom stereocenters.